The zero-order valence-corrected chi connectivity index (χ0v) is 18.4. The third kappa shape index (κ3) is 4.88. The first-order valence-corrected chi connectivity index (χ1v) is 11.5. The van der Waals surface area contributed by atoms with E-state index in [9.17, 15) is 8.78 Å². The van der Waals surface area contributed by atoms with Gasteiger partial charge >= 0.3 is 0 Å². The van der Waals surface area contributed by atoms with E-state index in [0.717, 1.165) is 32.5 Å². The second-order valence-electron chi connectivity index (χ2n) is 8.36. The number of hydrogen-bond donors (Lipinski definition) is 2. The van der Waals surface area contributed by atoms with Crippen molar-refractivity contribution >= 4 is 18.0 Å². The van der Waals surface area contributed by atoms with Crippen LogP contribution in [0.1, 0.15) is 36.5 Å². The summed E-state index contributed by atoms with van der Waals surface area (Å²) in [6.07, 6.45) is 7.23. The summed E-state index contributed by atoms with van der Waals surface area (Å²) in [4.78, 5) is 20.0. The van der Waals surface area contributed by atoms with Crippen molar-refractivity contribution in [1.82, 2.24) is 29.8 Å². The van der Waals surface area contributed by atoms with Crippen LogP contribution in [0, 0.1) is 5.92 Å². The molecular weight excluding hydrogens is 430 g/mol. The molecule has 2 N–H and O–H groups in total. The van der Waals surface area contributed by atoms with Crippen LogP contribution < -0.4 is 15.5 Å². The van der Waals surface area contributed by atoms with E-state index in [0.29, 0.717) is 61.9 Å². The van der Waals surface area contributed by atoms with Gasteiger partial charge in [0.25, 0.3) is 6.43 Å². The molecule has 2 aromatic rings. The molecule has 2 aliphatic heterocycles. The van der Waals surface area contributed by atoms with E-state index in [4.69, 9.17) is 4.74 Å². The third-order valence-electron chi connectivity index (χ3n) is 6.14. The number of morpholine rings is 1. The van der Waals surface area contributed by atoms with Gasteiger partial charge < -0.3 is 20.3 Å². The number of halogens is 2. The number of nitrogens with one attached hydrogen (secondary N) is 2. The lowest BCUT2D eigenvalue weighted by atomic mass is 9.98. The van der Waals surface area contributed by atoms with Crippen LogP contribution in [0.25, 0.3) is 12.0 Å². The summed E-state index contributed by atoms with van der Waals surface area (Å²) in [5.74, 6) is 1.14. The second kappa shape index (κ2) is 9.92. The van der Waals surface area contributed by atoms with Gasteiger partial charge in [-0.25, -0.2) is 13.8 Å². The number of hydrogen-bond acceptors (Lipinski definition) is 8. The molecule has 0 amide bonds. The average molecular weight is 459 g/mol. The predicted octanol–water partition coefficient (Wildman–Crippen LogP) is 2.37. The van der Waals surface area contributed by atoms with Crippen molar-refractivity contribution < 1.29 is 13.5 Å². The van der Waals surface area contributed by atoms with Gasteiger partial charge in [0.2, 0.25) is 17.8 Å². The van der Waals surface area contributed by atoms with E-state index in [1.165, 1.54) is 4.57 Å². The van der Waals surface area contributed by atoms with Gasteiger partial charge in [-0.3, -0.25) is 4.57 Å². The highest BCUT2D eigenvalue weighted by atomic mass is 19.3. The molecule has 5 rings (SSSR count). The highest BCUT2D eigenvalue weighted by Crippen LogP contribution is 2.28. The normalized spacial score (nSPS) is 19.1. The number of imidazole rings is 1. The second-order valence-corrected chi connectivity index (χ2v) is 8.36. The number of piperidine rings is 1. The molecule has 2 saturated heterocycles. The van der Waals surface area contributed by atoms with Crippen LogP contribution in [0.4, 0.5) is 20.7 Å². The summed E-state index contributed by atoms with van der Waals surface area (Å²) in [5.41, 5.74) is 1.14. The Hall–Kier alpha value is -2.92. The minimum absolute atomic E-state index is 0.148. The smallest absolute Gasteiger partial charge is 0.296 e. The lowest BCUT2D eigenvalue weighted by molar-refractivity contribution is 0.122. The Morgan fingerprint density at radius 2 is 1.85 bits per heavy atom. The van der Waals surface area contributed by atoms with Crippen LogP contribution in [-0.4, -0.2) is 70.4 Å². The lowest BCUT2D eigenvalue weighted by Crippen LogP contribution is -2.38. The van der Waals surface area contributed by atoms with Crippen LogP contribution >= 0.6 is 0 Å². The number of fused-ring (bicyclic) bond motifs is 1. The molecule has 9 nitrogen and oxygen atoms in total. The molecule has 0 radical (unpaired) electrons. The van der Waals surface area contributed by atoms with E-state index in [-0.39, 0.29) is 11.8 Å². The Bertz CT molecular complexity index is 1030. The summed E-state index contributed by atoms with van der Waals surface area (Å²) in [5, 5.41) is 6.70. The summed E-state index contributed by atoms with van der Waals surface area (Å²) in [6.45, 7) is 5.10. The molecule has 0 aromatic carbocycles. The van der Waals surface area contributed by atoms with Crippen LogP contribution in [0.15, 0.2) is 18.2 Å². The fourth-order valence-electron chi connectivity index (χ4n) is 4.34. The van der Waals surface area contributed by atoms with E-state index in [2.05, 4.69) is 30.6 Å². The van der Waals surface area contributed by atoms with Crippen LogP contribution in [-0.2, 0) is 11.2 Å². The fraction of sp³-hybridized carbons (Fsp3) is 0.545. The maximum absolute atomic E-state index is 14.0. The standard InChI is InChI=1S/C22H28F2N8O/c23-18(24)19-27-16-4-2-1-3-5-17(16)32(19)22-29-20(26-14-15-6-8-25-9-7-15)28-21(30-22)31-10-12-33-13-11-31/h1-3,5,15,18,25H,4,6-14H2,(H,26,28,29,30). The predicted molar refractivity (Wildman–Crippen MR) is 121 cm³/mol. The van der Waals surface area contributed by atoms with Gasteiger partial charge in [-0.15, -0.1) is 0 Å². The first-order chi connectivity index (χ1) is 16.2. The molecule has 176 valence electrons. The molecule has 0 unspecified atom stereocenters. The van der Waals surface area contributed by atoms with Crippen LogP contribution in [0.3, 0.4) is 0 Å². The minimum Gasteiger partial charge on any atom is -0.378 e. The van der Waals surface area contributed by atoms with E-state index >= 15 is 0 Å². The summed E-state index contributed by atoms with van der Waals surface area (Å²) < 4.78 is 34.8. The first-order valence-electron chi connectivity index (χ1n) is 11.5. The molecule has 0 saturated carbocycles. The number of alkyl halides is 2. The summed E-state index contributed by atoms with van der Waals surface area (Å²) >= 11 is 0. The van der Waals surface area contributed by atoms with Crippen molar-refractivity contribution in [2.75, 3.05) is 56.2 Å². The maximum atomic E-state index is 14.0. The van der Waals surface area contributed by atoms with Gasteiger partial charge in [0.15, 0.2) is 5.82 Å². The topological polar surface area (TPSA) is 93.0 Å². The Kier molecular flexibility index (Phi) is 6.58. The molecule has 33 heavy (non-hydrogen) atoms. The molecule has 0 bridgehead atoms. The van der Waals surface area contributed by atoms with Crippen molar-refractivity contribution in [3.05, 3.63) is 35.4 Å². The SMILES string of the molecule is FC(F)c1nc2c(n1-c1nc(NCC3CCNCC3)nc(N3CCOCC3)n1)C=CC=CC2. The highest BCUT2D eigenvalue weighted by Gasteiger charge is 2.26. The van der Waals surface area contributed by atoms with Gasteiger partial charge in [-0.2, -0.15) is 15.0 Å². The number of ether oxygens (including phenoxy) is 1. The van der Waals surface area contributed by atoms with E-state index in [1.807, 2.05) is 23.1 Å². The molecule has 2 fully saturated rings. The van der Waals surface area contributed by atoms with Crippen molar-refractivity contribution in [2.24, 2.45) is 5.92 Å². The molecule has 4 heterocycles. The van der Waals surface area contributed by atoms with Gasteiger partial charge in [-0.05, 0) is 37.9 Å². The largest absolute Gasteiger partial charge is 0.378 e. The van der Waals surface area contributed by atoms with Crippen molar-refractivity contribution in [1.29, 1.82) is 0 Å². The lowest BCUT2D eigenvalue weighted by Gasteiger charge is -2.27. The average Bonchev–Trinajstić information content (AvgIpc) is 3.07. The summed E-state index contributed by atoms with van der Waals surface area (Å²) in [6, 6.07) is 0. The van der Waals surface area contributed by atoms with Crippen molar-refractivity contribution in [3.8, 4) is 5.95 Å². The molecule has 2 aromatic heterocycles. The molecule has 3 aliphatic rings. The Balaban J connectivity index is 1.54. The zero-order chi connectivity index (χ0) is 22.6. The van der Waals surface area contributed by atoms with Gasteiger partial charge in [0.05, 0.1) is 24.6 Å². The minimum atomic E-state index is -2.76. The fourth-order valence-corrected chi connectivity index (χ4v) is 4.34. The van der Waals surface area contributed by atoms with E-state index < -0.39 is 6.43 Å². The number of aromatic nitrogens is 5. The Morgan fingerprint density at radius 1 is 1.06 bits per heavy atom. The molecule has 11 heteroatoms. The monoisotopic (exact) mass is 458 g/mol. The molecule has 0 atom stereocenters. The number of anilines is 2. The van der Waals surface area contributed by atoms with Crippen molar-refractivity contribution in [3.63, 3.8) is 0 Å². The van der Waals surface area contributed by atoms with Gasteiger partial charge in [0, 0.05) is 26.1 Å². The van der Waals surface area contributed by atoms with Crippen LogP contribution in [0.2, 0.25) is 0 Å². The van der Waals surface area contributed by atoms with Crippen molar-refractivity contribution in [2.45, 2.75) is 25.7 Å². The highest BCUT2D eigenvalue weighted by molar-refractivity contribution is 5.56. The Morgan fingerprint density at radius 3 is 2.64 bits per heavy atom. The Labute approximate surface area is 191 Å². The van der Waals surface area contributed by atoms with Gasteiger partial charge in [-0.1, -0.05) is 18.2 Å². The number of rotatable bonds is 6. The first kappa shape index (κ1) is 21.9. The maximum Gasteiger partial charge on any atom is 0.296 e. The quantitative estimate of drug-likeness (QED) is 0.682. The van der Waals surface area contributed by atoms with Crippen LogP contribution in [0.5, 0.6) is 0 Å². The van der Waals surface area contributed by atoms with Gasteiger partial charge in [0.1, 0.15) is 0 Å². The zero-order valence-electron chi connectivity index (χ0n) is 18.4. The molecule has 0 spiro atoms. The number of nitrogens with zero attached hydrogens (tertiary/aromatic N) is 6. The third-order valence-corrected chi connectivity index (χ3v) is 6.14. The molecule has 1 aliphatic carbocycles. The summed E-state index contributed by atoms with van der Waals surface area (Å²) in [7, 11) is 0. The molecular formula is C22H28F2N8O. The van der Waals surface area contributed by atoms with E-state index in [1.54, 1.807) is 6.08 Å². The number of allylic oxidation sites excluding steroid dienone is 3.